The van der Waals surface area contributed by atoms with Crippen molar-refractivity contribution in [3.8, 4) is 5.75 Å². The second-order valence-electron chi connectivity index (χ2n) is 5.67. The van der Waals surface area contributed by atoms with Crippen molar-refractivity contribution in [3.63, 3.8) is 0 Å². The minimum atomic E-state index is 0.816. The molecule has 2 nitrogen and oxygen atoms in total. The molecule has 20 heavy (non-hydrogen) atoms. The Balaban J connectivity index is 1.96. The molecule has 0 amide bonds. The SMILES string of the molecule is CCCCOc1ccc([NH+]2CCCC2)c2ccccc12. The van der Waals surface area contributed by atoms with Gasteiger partial charge in [-0.05, 0) is 18.6 Å². The quantitative estimate of drug-likeness (QED) is 0.823. The van der Waals surface area contributed by atoms with Crippen molar-refractivity contribution in [3.05, 3.63) is 36.4 Å². The van der Waals surface area contributed by atoms with E-state index in [0.717, 1.165) is 18.8 Å². The normalized spacial score (nSPS) is 15.8. The van der Waals surface area contributed by atoms with Crippen LogP contribution in [0.2, 0.25) is 0 Å². The standard InChI is InChI=1S/C18H23NO/c1-2-3-14-20-18-11-10-17(19-12-6-7-13-19)15-8-4-5-9-16(15)18/h4-5,8-11H,2-3,6-7,12-14H2,1H3/p+1. The van der Waals surface area contributed by atoms with Crippen LogP contribution in [-0.4, -0.2) is 19.7 Å². The minimum Gasteiger partial charge on any atom is -0.493 e. The van der Waals surface area contributed by atoms with Crippen LogP contribution in [0.4, 0.5) is 5.69 Å². The Morgan fingerprint density at radius 2 is 1.75 bits per heavy atom. The zero-order chi connectivity index (χ0) is 13.8. The van der Waals surface area contributed by atoms with Gasteiger partial charge in [0.1, 0.15) is 11.4 Å². The molecule has 0 saturated carbocycles. The van der Waals surface area contributed by atoms with Crippen LogP contribution in [0.15, 0.2) is 36.4 Å². The van der Waals surface area contributed by atoms with Crippen LogP contribution in [0.3, 0.4) is 0 Å². The Hall–Kier alpha value is -1.54. The van der Waals surface area contributed by atoms with Gasteiger partial charge in [0.25, 0.3) is 0 Å². The summed E-state index contributed by atoms with van der Waals surface area (Å²) in [5.74, 6) is 1.04. The van der Waals surface area contributed by atoms with Gasteiger partial charge < -0.3 is 9.64 Å². The van der Waals surface area contributed by atoms with E-state index in [1.807, 2.05) is 0 Å². The monoisotopic (exact) mass is 270 g/mol. The third-order valence-corrected chi connectivity index (χ3v) is 4.23. The second-order valence-corrected chi connectivity index (χ2v) is 5.67. The van der Waals surface area contributed by atoms with Gasteiger partial charge in [-0.1, -0.05) is 31.5 Å². The smallest absolute Gasteiger partial charge is 0.139 e. The molecular formula is C18H24NO+. The lowest BCUT2D eigenvalue weighted by molar-refractivity contribution is -0.817. The number of hydrogen-bond donors (Lipinski definition) is 1. The molecule has 1 saturated heterocycles. The number of quaternary nitrogens is 1. The van der Waals surface area contributed by atoms with Crippen molar-refractivity contribution in [2.24, 2.45) is 0 Å². The zero-order valence-corrected chi connectivity index (χ0v) is 12.3. The molecule has 0 aliphatic carbocycles. The van der Waals surface area contributed by atoms with E-state index >= 15 is 0 Å². The highest BCUT2D eigenvalue weighted by Crippen LogP contribution is 2.30. The van der Waals surface area contributed by atoms with E-state index in [1.54, 1.807) is 4.90 Å². The Bertz CT molecular complexity index is 573. The van der Waals surface area contributed by atoms with Gasteiger partial charge in [0.2, 0.25) is 0 Å². The van der Waals surface area contributed by atoms with Gasteiger partial charge in [-0.25, -0.2) is 0 Å². The lowest BCUT2D eigenvalue weighted by Crippen LogP contribution is -3.05. The third kappa shape index (κ3) is 2.66. The summed E-state index contributed by atoms with van der Waals surface area (Å²) in [4.78, 5) is 1.63. The topological polar surface area (TPSA) is 13.7 Å². The van der Waals surface area contributed by atoms with Gasteiger partial charge >= 0.3 is 0 Å². The molecule has 106 valence electrons. The van der Waals surface area contributed by atoms with Crippen molar-refractivity contribution >= 4 is 16.5 Å². The van der Waals surface area contributed by atoms with Crippen LogP contribution < -0.4 is 9.64 Å². The van der Waals surface area contributed by atoms with E-state index in [4.69, 9.17) is 4.74 Å². The van der Waals surface area contributed by atoms with Crippen molar-refractivity contribution in [2.75, 3.05) is 19.7 Å². The van der Waals surface area contributed by atoms with Crippen LogP contribution in [0.5, 0.6) is 5.75 Å². The number of nitrogens with one attached hydrogen (secondary N) is 1. The van der Waals surface area contributed by atoms with Crippen molar-refractivity contribution in [1.29, 1.82) is 0 Å². The largest absolute Gasteiger partial charge is 0.493 e. The Kier molecular flexibility index (Phi) is 4.22. The van der Waals surface area contributed by atoms with Crippen LogP contribution in [-0.2, 0) is 0 Å². The summed E-state index contributed by atoms with van der Waals surface area (Å²) in [5.41, 5.74) is 1.45. The fraction of sp³-hybridized carbons (Fsp3) is 0.444. The number of ether oxygens (including phenoxy) is 1. The number of benzene rings is 2. The molecule has 0 bridgehead atoms. The second kappa shape index (κ2) is 6.27. The number of hydrogen-bond acceptors (Lipinski definition) is 1. The maximum Gasteiger partial charge on any atom is 0.139 e. The molecule has 2 aromatic carbocycles. The van der Waals surface area contributed by atoms with E-state index in [1.165, 1.54) is 48.8 Å². The van der Waals surface area contributed by atoms with Crippen molar-refractivity contribution < 1.29 is 9.64 Å². The summed E-state index contributed by atoms with van der Waals surface area (Å²) in [6.45, 7) is 5.54. The van der Waals surface area contributed by atoms with Crippen LogP contribution in [0, 0.1) is 0 Å². The van der Waals surface area contributed by atoms with E-state index in [2.05, 4.69) is 43.3 Å². The van der Waals surface area contributed by atoms with Crippen LogP contribution in [0.1, 0.15) is 32.6 Å². The summed E-state index contributed by atoms with van der Waals surface area (Å²) >= 11 is 0. The number of unbranched alkanes of at least 4 members (excludes halogenated alkanes) is 1. The molecule has 0 aromatic heterocycles. The number of fused-ring (bicyclic) bond motifs is 1. The van der Waals surface area contributed by atoms with Gasteiger partial charge in [0, 0.05) is 29.7 Å². The first-order valence-electron chi connectivity index (χ1n) is 7.90. The van der Waals surface area contributed by atoms with Gasteiger partial charge in [-0.15, -0.1) is 0 Å². The van der Waals surface area contributed by atoms with Gasteiger partial charge in [0.05, 0.1) is 19.7 Å². The molecule has 1 aliphatic rings. The minimum absolute atomic E-state index is 0.816. The first kappa shape index (κ1) is 13.4. The van der Waals surface area contributed by atoms with E-state index < -0.39 is 0 Å². The van der Waals surface area contributed by atoms with E-state index in [-0.39, 0.29) is 0 Å². The molecule has 0 unspecified atom stereocenters. The maximum absolute atomic E-state index is 5.97. The molecule has 0 radical (unpaired) electrons. The molecule has 1 N–H and O–H groups in total. The molecule has 0 atom stereocenters. The molecule has 1 aliphatic heterocycles. The molecular weight excluding hydrogens is 246 g/mol. The first-order valence-corrected chi connectivity index (χ1v) is 7.90. The van der Waals surface area contributed by atoms with E-state index in [0.29, 0.717) is 0 Å². The lowest BCUT2D eigenvalue weighted by Gasteiger charge is -2.16. The van der Waals surface area contributed by atoms with Crippen molar-refractivity contribution in [1.82, 2.24) is 0 Å². The summed E-state index contributed by atoms with van der Waals surface area (Å²) in [6, 6.07) is 13.1. The zero-order valence-electron chi connectivity index (χ0n) is 12.3. The molecule has 0 spiro atoms. The highest BCUT2D eigenvalue weighted by atomic mass is 16.5. The predicted octanol–water partition coefficient (Wildman–Crippen LogP) is 3.33. The predicted molar refractivity (Wildman–Crippen MR) is 83.9 cm³/mol. The lowest BCUT2D eigenvalue weighted by atomic mass is 10.1. The Morgan fingerprint density at radius 3 is 2.50 bits per heavy atom. The van der Waals surface area contributed by atoms with Crippen LogP contribution >= 0.6 is 0 Å². The fourth-order valence-electron chi connectivity index (χ4n) is 3.10. The van der Waals surface area contributed by atoms with Crippen molar-refractivity contribution in [2.45, 2.75) is 32.6 Å². The molecule has 1 fully saturated rings. The van der Waals surface area contributed by atoms with Gasteiger partial charge in [-0.2, -0.15) is 0 Å². The molecule has 2 aromatic rings. The fourth-order valence-corrected chi connectivity index (χ4v) is 3.10. The van der Waals surface area contributed by atoms with E-state index in [9.17, 15) is 0 Å². The molecule has 3 rings (SSSR count). The van der Waals surface area contributed by atoms with Gasteiger partial charge in [0.15, 0.2) is 0 Å². The first-order chi connectivity index (χ1) is 9.90. The summed E-state index contributed by atoms with van der Waals surface area (Å²) in [7, 11) is 0. The summed E-state index contributed by atoms with van der Waals surface area (Å²) < 4.78 is 5.97. The average molecular weight is 270 g/mol. The Morgan fingerprint density at radius 1 is 1.00 bits per heavy atom. The summed E-state index contributed by atoms with van der Waals surface area (Å²) in [6.07, 6.45) is 4.98. The third-order valence-electron chi connectivity index (χ3n) is 4.23. The van der Waals surface area contributed by atoms with Crippen LogP contribution in [0.25, 0.3) is 10.8 Å². The highest BCUT2D eigenvalue weighted by Gasteiger charge is 2.21. The average Bonchev–Trinajstić information content (AvgIpc) is 3.01. The highest BCUT2D eigenvalue weighted by molar-refractivity contribution is 5.95. The maximum atomic E-state index is 5.97. The van der Waals surface area contributed by atoms with Gasteiger partial charge in [-0.3, -0.25) is 0 Å². The number of rotatable bonds is 5. The molecule has 2 heteroatoms. The summed E-state index contributed by atoms with van der Waals surface area (Å²) in [5, 5.41) is 2.62. The Labute approximate surface area is 121 Å². The molecule has 1 heterocycles.